The number of benzene rings is 1. The number of hydrogen-bond acceptors (Lipinski definition) is 6. The summed E-state index contributed by atoms with van der Waals surface area (Å²) in [5.74, 6) is 0. The summed E-state index contributed by atoms with van der Waals surface area (Å²) in [6, 6.07) is 10.1. The van der Waals surface area contributed by atoms with E-state index in [1.54, 1.807) is 0 Å². The zero-order chi connectivity index (χ0) is 14.4. The standard InChI is InChI=1S/C16H16O6/c1-2-4-9(5-3-1)6-17-10-11-15(7-18-15)13-16(8-19-16)12(10)21-14(20-11)22-13/h1-5,10-14H,6-8H2. The molecular formula is C16H16O6. The van der Waals surface area contributed by atoms with Gasteiger partial charge in [0.2, 0.25) is 0 Å². The average molecular weight is 304 g/mol. The van der Waals surface area contributed by atoms with Crippen LogP contribution in [0.25, 0.3) is 0 Å². The Hall–Kier alpha value is -1.02. The summed E-state index contributed by atoms with van der Waals surface area (Å²) in [4.78, 5) is 0. The molecule has 0 aromatic heterocycles. The Morgan fingerprint density at radius 2 is 1.59 bits per heavy atom. The van der Waals surface area contributed by atoms with Crippen molar-refractivity contribution in [2.75, 3.05) is 13.2 Å². The van der Waals surface area contributed by atoms with Gasteiger partial charge in [0.05, 0.1) is 19.8 Å². The Morgan fingerprint density at radius 1 is 0.955 bits per heavy atom. The van der Waals surface area contributed by atoms with Gasteiger partial charge in [0.1, 0.15) is 35.6 Å². The summed E-state index contributed by atoms with van der Waals surface area (Å²) >= 11 is 0. The van der Waals surface area contributed by atoms with Crippen LogP contribution in [0.4, 0.5) is 0 Å². The van der Waals surface area contributed by atoms with Gasteiger partial charge in [-0.3, -0.25) is 0 Å². The Labute approximate surface area is 127 Å². The van der Waals surface area contributed by atoms with E-state index in [0.29, 0.717) is 19.8 Å². The van der Waals surface area contributed by atoms with Gasteiger partial charge in [-0.25, -0.2) is 0 Å². The first kappa shape index (κ1) is 12.4. The molecule has 1 saturated carbocycles. The minimum Gasteiger partial charge on any atom is -0.368 e. The summed E-state index contributed by atoms with van der Waals surface area (Å²) in [6.07, 6.45) is -0.581. The molecule has 4 atom stereocenters. The van der Waals surface area contributed by atoms with Gasteiger partial charge in [0, 0.05) is 0 Å². The molecule has 2 spiro atoms. The van der Waals surface area contributed by atoms with Crippen LogP contribution in [-0.4, -0.2) is 55.3 Å². The fourth-order valence-corrected chi connectivity index (χ4v) is 4.23. The monoisotopic (exact) mass is 304 g/mol. The molecule has 5 heterocycles. The van der Waals surface area contributed by atoms with Crippen molar-refractivity contribution in [3.8, 4) is 0 Å². The highest BCUT2D eigenvalue weighted by Gasteiger charge is 2.84. The molecule has 4 unspecified atom stereocenters. The molecule has 5 aliphatic heterocycles. The Morgan fingerprint density at radius 3 is 2.18 bits per heavy atom. The van der Waals surface area contributed by atoms with Crippen molar-refractivity contribution in [2.24, 2.45) is 0 Å². The molecule has 0 radical (unpaired) electrons. The smallest absolute Gasteiger partial charge is 0.273 e. The number of hydrogen-bond donors (Lipinski definition) is 0. The van der Waals surface area contributed by atoms with E-state index in [1.807, 2.05) is 30.3 Å². The molecule has 22 heavy (non-hydrogen) atoms. The van der Waals surface area contributed by atoms with Gasteiger partial charge < -0.3 is 28.4 Å². The summed E-state index contributed by atoms with van der Waals surface area (Å²) in [5, 5.41) is 0. The van der Waals surface area contributed by atoms with Crippen LogP contribution in [0.5, 0.6) is 0 Å². The largest absolute Gasteiger partial charge is 0.368 e. The maximum Gasteiger partial charge on any atom is 0.273 e. The molecule has 1 aromatic carbocycles. The van der Waals surface area contributed by atoms with Crippen molar-refractivity contribution in [3.05, 3.63) is 35.9 Å². The van der Waals surface area contributed by atoms with Gasteiger partial charge in [-0.1, -0.05) is 30.3 Å². The van der Waals surface area contributed by atoms with Crippen LogP contribution in [-0.2, 0) is 35.0 Å². The molecule has 5 saturated heterocycles. The zero-order valence-corrected chi connectivity index (χ0v) is 11.8. The second-order valence-electron chi connectivity index (χ2n) is 6.67. The predicted octanol–water partition coefficient (Wildman–Crippen LogP) is 0.590. The van der Waals surface area contributed by atoms with Crippen molar-refractivity contribution in [1.82, 2.24) is 0 Å². The molecule has 1 aliphatic carbocycles. The van der Waals surface area contributed by atoms with Crippen LogP contribution in [0.3, 0.4) is 0 Å². The molecular weight excluding hydrogens is 288 g/mol. The lowest BCUT2D eigenvalue weighted by Gasteiger charge is -2.58. The third kappa shape index (κ3) is 1.41. The minimum absolute atomic E-state index is 0.0981. The second kappa shape index (κ2) is 3.90. The highest BCUT2D eigenvalue weighted by molar-refractivity contribution is 5.29. The fourth-order valence-electron chi connectivity index (χ4n) is 4.23. The molecule has 116 valence electrons. The first-order chi connectivity index (χ1) is 10.8. The molecule has 1 aromatic rings. The van der Waals surface area contributed by atoms with Gasteiger partial charge >= 0.3 is 0 Å². The first-order valence-corrected chi connectivity index (χ1v) is 7.72. The number of rotatable bonds is 3. The third-order valence-electron chi connectivity index (χ3n) is 5.45. The van der Waals surface area contributed by atoms with Crippen LogP contribution in [0.2, 0.25) is 0 Å². The number of ether oxygens (including phenoxy) is 6. The predicted molar refractivity (Wildman–Crippen MR) is 70.8 cm³/mol. The molecule has 6 heteroatoms. The lowest BCUT2D eigenvalue weighted by Crippen LogP contribution is -2.78. The summed E-state index contributed by atoms with van der Waals surface area (Å²) in [5.41, 5.74) is 0.313. The zero-order valence-electron chi connectivity index (χ0n) is 11.8. The van der Waals surface area contributed by atoms with Gasteiger partial charge in [-0.15, -0.1) is 0 Å². The van der Waals surface area contributed by atoms with Crippen molar-refractivity contribution < 1.29 is 28.4 Å². The summed E-state index contributed by atoms with van der Waals surface area (Å²) in [7, 11) is 0. The highest BCUT2D eigenvalue weighted by atomic mass is 16.9. The Balaban J connectivity index is 1.32. The Kier molecular flexibility index (Phi) is 2.20. The number of epoxide rings is 2. The topological polar surface area (TPSA) is 62.0 Å². The van der Waals surface area contributed by atoms with Gasteiger partial charge in [-0.05, 0) is 5.56 Å². The molecule has 6 fully saturated rings. The molecule has 0 amide bonds. The van der Waals surface area contributed by atoms with Crippen molar-refractivity contribution in [2.45, 2.75) is 48.7 Å². The van der Waals surface area contributed by atoms with Crippen molar-refractivity contribution in [1.29, 1.82) is 0 Å². The fraction of sp³-hybridized carbons (Fsp3) is 0.625. The SMILES string of the molecule is c1ccc(COC2C3OC4OC2C2(CO2)C(O4)C32CO2)cc1. The van der Waals surface area contributed by atoms with Crippen LogP contribution in [0, 0.1) is 0 Å². The van der Waals surface area contributed by atoms with E-state index in [1.165, 1.54) is 0 Å². The van der Waals surface area contributed by atoms with Crippen LogP contribution in [0.1, 0.15) is 5.56 Å². The lowest BCUT2D eigenvalue weighted by atomic mass is 9.71. The highest BCUT2D eigenvalue weighted by Crippen LogP contribution is 2.62. The van der Waals surface area contributed by atoms with E-state index in [0.717, 1.165) is 5.56 Å². The average Bonchev–Trinajstić information content (AvgIpc) is 3.46. The van der Waals surface area contributed by atoms with E-state index in [2.05, 4.69) is 0 Å². The molecule has 6 aliphatic rings. The van der Waals surface area contributed by atoms with E-state index < -0.39 is 17.7 Å². The quantitative estimate of drug-likeness (QED) is 0.762. The lowest BCUT2D eigenvalue weighted by molar-refractivity contribution is -0.477. The summed E-state index contributed by atoms with van der Waals surface area (Å²) in [6.45, 7) is 1.19. The van der Waals surface area contributed by atoms with Crippen molar-refractivity contribution in [3.63, 3.8) is 0 Å². The van der Waals surface area contributed by atoms with Gasteiger partial charge in [0.25, 0.3) is 6.48 Å². The van der Waals surface area contributed by atoms with E-state index in [-0.39, 0.29) is 24.4 Å². The molecule has 4 bridgehead atoms. The minimum atomic E-state index is -0.610. The second-order valence-corrected chi connectivity index (χ2v) is 6.67. The van der Waals surface area contributed by atoms with Crippen LogP contribution < -0.4 is 0 Å². The van der Waals surface area contributed by atoms with E-state index in [4.69, 9.17) is 28.4 Å². The first-order valence-electron chi connectivity index (χ1n) is 7.72. The Bertz CT molecular complexity index is 580. The van der Waals surface area contributed by atoms with E-state index in [9.17, 15) is 0 Å². The maximum absolute atomic E-state index is 6.19. The molecule has 6 nitrogen and oxygen atoms in total. The normalized spacial score (nSPS) is 53.4. The van der Waals surface area contributed by atoms with Crippen LogP contribution in [0.15, 0.2) is 30.3 Å². The van der Waals surface area contributed by atoms with Gasteiger partial charge in [0.15, 0.2) is 0 Å². The van der Waals surface area contributed by atoms with E-state index >= 15 is 0 Å². The summed E-state index contributed by atoms with van der Waals surface area (Å²) < 4.78 is 35.3. The molecule has 0 N–H and O–H groups in total. The van der Waals surface area contributed by atoms with Gasteiger partial charge in [-0.2, -0.15) is 0 Å². The molecule has 7 rings (SSSR count). The van der Waals surface area contributed by atoms with Crippen molar-refractivity contribution >= 4 is 0 Å². The van der Waals surface area contributed by atoms with Crippen LogP contribution >= 0.6 is 0 Å². The third-order valence-corrected chi connectivity index (χ3v) is 5.45. The maximum atomic E-state index is 6.19.